The molecule has 0 fully saturated rings. The molecule has 2 heterocycles. The lowest BCUT2D eigenvalue weighted by molar-refractivity contribution is 0.234. The maximum Gasteiger partial charge on any atom is 0.205 e. The van der Waals surface area contributed by atoms with Crippen LogP contribution in [0.2, 0.25) is 0 Å². The van der Waals surface area contributed by atoms with Crippen LogP contribution in [-0.4, -0.2) is 11.2 Å². The third-order valence-corrected chi connectivity index (χ3v) is 3.18. The first-order chi connectivity index (χ1) is 8.52. The number of pyridine rings is 1. The van der Waals surface area contributed by atoms with E-state index in [1.54, 1.807) is 4.57 Å². The molecule has 0 amide bonds. The molecule has 0 aliphatic carbocycles. The lowest BCUT2D eigenvalue weighted by Gasteiger charge is -2.27. The van der Waals surface area contributed by atoms with Gasteiger partial charge in [-0.2, -0.15) is 4.39 Å². The maximum absolute atomic E-state index is 13.8. The predicted molar refractivity (Wildman–Crippen MR) is 62.7 cm³/mol. The van der Waals surface area contributed by atoms with Crippen LogP contribution in [0.4, 0.5) is 14.5 Å². The van der Waals surface area contributed by atoms with E-state index in [0.29, 0.717) is 0 Å². The molecule has 1 aromatic heterocycles. The zero-order valence-corrected chi connectivity index (χ0v) is 9.54. The summed E-state index contributed by atoms with van der Waals surface area (Å²) in [5.41, 5.74) is 4.80. The van der Waals surface area contributed by atoms with Crippen molar-refractivity contribution in [3.63, 3.8) is 0 Å². The Hall–Kier alpha value is -2.11. The van der Waals surface area contributed by atoms with Crippen molar-refractivity contribution < 1.29 is 13.5 Å². The van der Waals surface area contributed by atoms with Crippen LogP contribution in [0.3, 0.4) is 0 Å². The fourth-order valence-corrected chi connectivity index (χ4v) is 2.26. The molecule has 1 aliphatic heterocycles. The zero-order chi connectivity index (χ0) is 13.0. The van der Waals surface area contributed by atoms with Crippen LogP contribution < -0.4 is 15.9 Å². The van der Waals surface area contributed by atoms with Gasteiger partial charge in [0.1, 0.15) is 12.1 Å². The summed E-state index contributed by atoms with van der Waals surface area (Å²) in [5.74, 6) is -2.62. The summed E-state index contributed by atoms with van der Waals surface area (Å²) in [5, 5.41) is -0.0297. The second-order valence-electron chi connectivity index (χ2n) is 4.34. The Morgan fingerprint density at radius 1 is 1.44 bits per heavy atom. The van der Waals surface area contributed by atoms with Gasteiger partial charge < -0.3 is 15.0 Å². The lowest BCUT2D eigenvalue weighted by atomic mass is 10.1. The van der Waals surface area contributed by atoms with Crippen molar-refractivity contribution in [2.75, 3.05) is 12.3 Å². The Kier molecular flexibility index (Phi) is 2.10. The van der Waals surface area contributed by atoms with E-state index in [4.69, 9.17) is 10.5 Å². The Labute approximate surface area is 101 Å². The minimum absolute atomic E-state index is 0.0297. The van der Waals surface area contributed by atoms with Gasteiger partial charge in [-0.25, -0.2) is 4.39 Å². The van der Waals surface area contributed by atoms with Gasteiger partial charge in [0.25, 0.3) is 0 Å². The molecule has 0 saturated heterocycles. The minimum atomic E-state index is -1.23. The number of hydrogen-bond donors (Lipinski definition) is 1. The SMILES string of the molecule is C[C@H]1COc2c(F)c(F)c(N)c3c(=O)ccn1c23. The van der Waals surface area contributed by atoms with E-state index >= 15 is 0 Å². The van der Waals surface area contributed by atoms with Gasteiger partial charge in [0.15, 0.2) is 17.0 Å². The van der Waals surface area contributed by atoms with Gasteiger partial charge in [0.05, 0.1) is 17.1 Å². The Bertz CT molecular complexity index is 724. The smallest absolute Gasteiger partial charge is 0.205 e. The molecule has 0 bridgehead atoms. The largest absolute Gasteiger partial charge is 0.486 e. The molecule has 1 aliphatic rings. The van der Waals surface area contributed by atoms with E-state index in [9.17, 15) is 13.6 Å². The van der Waals surface area contributed by atoms with Gasteiger partial charge in [-0.1, -0.05) is 0 Å². The molecular weight excluding hydrogens is 242 g/mol. The number of benzene rings is 1. The topological polar surface area (TPSA) is 57.2 Å². The summed E-state index contributed by atoms with van der Waals surface area (Å²) in [6.07, 6.45) is 1.54. The zero-order valence-electron chi connectivity index (χ0n) is 9.54. The molecule has 2 aromatic rings. The number of ether oxygens (including phenoxy) is 1. The highest BCUT2D eigenvalue weighted by atomic mass is 19.2. The quantitative estimate of drug-likeness (QED) is 0.727. The first-order valence-electron chi connectivity index (χ1n) is 5.46. The number of hydrogen-bond acceptors (Lipinski definition) is 3. The minimum Gasteiger partial charge on any atom is -0.486 e. The molecule has 1 atom stereocenters. The van der Waals surface area contributed by atoms with E-state index in [-0.39, 0.29) is 29.3 Å². The normalized spacial score (nSPS) is 17.8. The summed E-state index contributed by atoms with van der Waals surface area (Å²) in [6, 6.07) is 1.21. The number of aromatic nitrogens is 1. The molecule has 6 heteroatoms. The van der Waals surface area contributed by atoms with Gasteiger partial charge in [-0.05, 0) is 6.92 Å². The van der Waals surface area contributed by atoms with E-state index < -0.39 is 22.8 Å². The van der Waals surface area contributed by atoms with Gasteiger partial charge >= 0.3 is 0 Å². The van der Waals surface area contributed by atoms with Crippen LogP contribution in [0.5, 0.6) is 5.75 Å². The van der Waals surface area contributed by atoms with Crippen molar-refractivity contribution in [2.24, 2.45) is 0 Å². The number of anilines is 1. The second-order valence-corrected chi connectivity index (χ2v) is 4.34. The highest BCUT2D eigenvalue weighted by Crippen LogP contribution is 2.38. The molecule has 0 radical (unpaired) electrons. The summed E-state index contributed by atoms with van der Waals surface area (Å²) < 4.78 is 34.3. The van der Waals surface area contributed by atoms with Crippen LogP contribution in [-0.2, 0) is 0 Å². The summed E-state index contributed by atoms with van der Waals surface area (Å²) in [6.45, 7) is 2.07. The van der Waals surface area contributed by atoms with Crippen molar-refractivity contribution in [1.82, 2.24) is 4.57 Å². The highest BCUT2D eigenvalue weighted by Gasteiger charge is 2.27. The number of rotatable bonds is 0. The molecule has 0 saturated carbocycles. The van der Waals surface area contributed by atoms with E-state index in [1.165, 1.54) is 12.3 Å². The molecule has 3 rings (SSSR count). The van der Waals surface area contributed by atoms with E-state index in [0.717, 1.165) is 0 Å². The van der Waals surface area contributed by atoms with Crippen molar-refractivity contribution >= 4 is 16.6 Å². The first kappa shape index (κ1) is 11.0. The first-order valence-corrected chi connectivity index (χ1v) is 5.46. The Morgan fingerprint density at radius 3 is 2.89 bits per heavy atom. The molecule has 94 valence electrons. The van der Waals surface area contributed by atoms with Crippen molar-refractivity contribution in [3.05, 3.63) is 34.1 Å². The van der Waals surface area contributed by atoms with Crippen LogP contribution in [0.1, 0.15) is 13.0 Å². The van der Waals surface area contributed by atoms with Crippen LogP contribution >= 0.6 is 0 Å². The summed E-state index contributed by atoms with van der Waals surface area (Å²) in [7, 11) is 0. The van der Waals surface area contributed by atoms with Crippen molar-refractivity contribution in [1.29, 1.82) is 0 Å². The maximum atomic E-state index is 13.8. The number of halogens is 2. The van der Waals surface area contributed by atoms with Crippen LogP contribution in [0.15, 0.2) is 17.1 Å². The standard InChI is InChI=1S/C12H10F2N2O2/c1-5-4-18-12-9(14)8(13)10(15)7-6(17)2-3-16(5)11(7)12/h2-3,5H,4,15H2,1H3/t5-/m0/s1. The molecule has 0 unspecified atom stereocenters. The van der Waals surface area contributed by atoms with Crippen molar-refractivity contribution in [3.8, 4) is 5.75 Å². The van der Waals surface area contributed by atoms with E-state index in [2.05, 4.69) is 0 Å². The van der Waals surface area contributed by atoms with Crippen LogP contribution in [0.25, 0.3) is 10.9 Å². The van der Waals surface area contributed by atoms with Crippen molar-refractivity contribution in [2.45, 2.75) is 13.0 Å². The van der Waals surface area contributed by atoms with Gasteiger partial charge in [-0.3, -0.25) is 4.79 Å². The van der Waals surface area contributed by atoms with E-state index in [1.807, 2.05) is 6.92 Å². The van der Waals surface area contributed by atoms with Gasteiger partial charge in [0, 0.05) is 12.3 Å². The molecule has 18 heavy (non-hydrogen) atoms. The van der Waals surface area contributed by atoms with Crippen LogP contribution in [0, 0.1) is 11.6 Å². The molecule has 4 nitrogen and oxygen atoms in total. The third-order valence-electron chi connectivity index (χ3n) is 3.18. The number of nitrogen functional groups attached to an aromatic ring is 1. The fourth-order valence-electron chi connectivity index (χ4n) is 2.26. The summed E-state index contributed by atoms with van der Waals surface area (Å²) in [4.78, 5) is 11.8. The average molecular weight is 252 g/mol. The predicted octanol–water partition coefficient (Wildman–Crippen LogP) is 1.82. The second kappa shape index (κ2) is 3.44. The van der Waals surface area contributed by atoms with Gasteiger partial charge in [0.2, 0.25) is 5.82 Å². The number of nitrogens with two attached hydrogens (primary N) is 1. The monoisotopic (exact) mass is 252 g/mol. The molecule has 0 spiro atoms. The fraction of sp³-hybridized carbons (Fsp3) is 0.250. The molecular formula is C12H10F2N2O2. The Morgan fingerprint density at radius 2 is 2.17 bits per heavy atom. The molecule has 1 aromatic carbocycles. The number of nitrogens with zero attached hydrogens (tertiary/aromatic N) is 1. The average Bonchev–Trinajstić information content (AvgIpc) is 2.35. The third kappa shape index (κ3) is 1.20. The lowest BCUT2D eigenvalue weighted by Crippen LogP contribution is -2.24. The highest BCUT2D eigenvalue weighted by molar-refractivity contribution is 5.95. The molecule has 2 N–H and O–H groups in total. The van der Waals surface area contributed by atoms with Gasteiger partial charge in [-0.15, -0.1) is 0 Å². The summed E-state index contributed by atoms with van der Waals surface area (Å²) >= 11 is 0. The Balaban J connectivity index is 2.63.